The maximum absolute atomic E-state index is 12.5. The van der Waals surface area contributed by atoms with Crippen LogP contribution in [0.4, 0.5) is 5.69 Å². The maximum Gasteiger partial charge on any atom is 0.256 e. The number of amides is 1. The highest BCUT2D eigenvalue weighted by atomic mass is 35.5. The van der Waals surface area contributed by atoms with Crippen LogP contribution >= 0.6 is 11.6 Å². The number of nitrogens with zero attached hydrogens (tertiary/aromatic N) is 1. The van der Waals surface area contributed by atoms with Crippen LogP contribution in [0.3, 0.4) is 0 Å². The lowest BCUT2D eigenvalue weighted by Gasteiger charge is -2.19. The van der Waals surface area contributed by atoms with Gasteiger partial charge in [0.25, 0.3) is 5.91 Å². The summed E-state index contributed by atoms with van der Waals surface area (Å²) in [5.41, 5.74) is 5.80. The number of halogens is 1. The van der Waals surface area contributed by atoms with E-state index in [1.54, 1.807) is 30.1 Å². The van der Waals surface area contributed by atoms with Crippen LogP contribution in [0.25, 0.3) is 0 Å². The Hall–Kier alpha value is -2.04. The van der Waals surface area contributed by atoms with Crippen molar-refractivity contribution in [2.24, 2.45) is 5.84 Å². The molecule has 0 saturated carbocycles. The largest absolute Gasteiger partial charge is 0.337 e. The van der Waals surface area contributed by atoms with E-state index in [4.69, 9.17) is 17.4 Å². The van der Waals surface area contributed by atoms with E-state index in [0.717, 1.165) is 5.56 Å². The lowest BCUT2D eigenvalue weighted by molar-refractivity contribution is 0.0786. The summed E-state index contributed by atoms with van der Waals surface area (Å²) >= 11 is 5.96. The van der Waals surface area contributed by atoms with Gasteiger partial charge in [-0.05, 0) is 30.7 Å². The van der Waals surface area contributed by atoms with Gasteiger partial charge in [-0.2, -0.15) is 0 Å². The topological polar surface area (TPSA) is 58.4 Å². The number of hydrazine groups is 1. The van der Waals surface area contributed by atoms with Gasteiger partial charge < -0.3 is 10.3 Å². The summed E-state index contributed by atoms with van der Waals surface area (Å²) in [6.45, 7) is 2.56. The van der Waals surface area contributed by atoms with E-state index in [2.05, 4.69) is 5.43 Å². The highest BCUT2D eigenvalue weighted by molar-refractivity contribution is 6.31. The average Bonchev–Trinajstić information content (AvgIpc) is 2.48. The second-order valence-corrected chi connectivity index (χ2v) is 5.42. The molecule has 3 N–H and O–H groups in total. The van der Waals surface area contributed by atoms with Crippen molar-refractivity contribution in [1.82, 2.24) is 4.90 Å². The molecular formula is C16H18ClN3O. The van der Waals surface area contributed by atoms with Crippen molar-refractivity contribution in [2.75, 3.05) is 12.5 Å². The molecule has 0 aliphatic heterocycles. The molecule has 2 aromatic rings. The molecule has 2 aromatic carbocycles. The molecule has 1 amide bonds. The summed E-state index contributed by atoms with van der Waals surface area (Å²) in [6.07, 6.45) is 0. The van der Waals surface area contributed by atoms with E-state index in [-0.39, 0.29) is 5.91 Å². The van der Waals surface area contributed by atoms with Crippen LogP contribution in [0.1, 0.15) is 21.5 Å². The zero-order valence-corrected chi connectivity index (χ0v) is 12.8. The van der Waals surface area contributed by atoms with Gasteiger partial charge in [-0.25, -0.2) is 0 Å². The van der Waals surface area contributed by atoms with E-state index in [0.29, 0.717) is 22.8 Å². The minimum atomic E-state index is -0.133. The summed E-state index contributed by atoms with van der Waals surface area (Å²) < 4.78 is 0. The summed E-state index contributed by atoms with van der Waals surface area (Å²) in [5, 5.41) is 0.501. The lowest BCUT2D eigenvalue weighted by Crippen LogP contribution is -2.27. The van der Waals surface area contributed by atoms with Crippen LogP contribution in [0, 0.1) is 6.92 Å². The zero-order valence-electron chi connectivity index (χ0n) is 12.1. The number of nitrogen functional groups attached to an aromatic ring is 1. The molecule has 0 atom stereocenters. The maximum atomic E-state index is 12.5. The predicted octanol–water partition coefficient (Wildman–Crippen LogP) is 3.21. The zero-order chi connectivity index (χ0) is 15.4. The van der Waals surface area contributed by atoms with Crippen LogP contribution in [0.5, 0.6) is 0 Å². The molecule has 2 rings (SSSR count). The van der Waals surface area contributed by atoms with Crippen molar-refractivity contribution in [2.45, 2.75) is 13.5 Å². The third-order valence-electron chi connectivity index (χ3n) is 3.25. The van der Waals surface area contributed by atoms with E-state index in [1.165, 1.54) is 5.56 Å². The molecule has 4 nitrogen and oxygen atoms in total. The molecule has 0 fully saturated rings. The second-order valence-electron chi connectivity index (χ2n) is 4.98. The molecule has 0 spiro atoms. The minimum Gasteiger partial charge on any atom is -0.337 e. The number of carbonyl (C=O) groups is 1. The van der Waals surface area contributed by atoms with Gasteiger partial charge in [0, 0.05) is 18.6 Å². The molecule has 0 unspecified atom stereocenters. The molecule has 21 heavy (non-hydrogen) atoms. The van der Waals surface area contributed by atoms with E-state index in [1.807, 2.05) is 31.2 Å². The number of carbonyl (C=O) groups excluding carboxylic acids is 1. The Labute approximate surface area is 129 Å². The molecular weight excluding hydrogens is 286 g/mol. The van der Waals surface area contributed by atoms with Crippen LogP contribution in [-0.2, 0) is 6.54 Å². The third kappa shape index (κ3) is 3.74. The first-order valence-electron chi connectivity index (χ1n) is 6.58. The highest BCUT2D eigenvalue weighted by Gasteiger charge is 2.16. The van der Waals surface area contributed by atoms with Crippen molar-refractivity contribution in [3.05, 3.63) is 64.2 Å². The Morgan fingerprint density at radius 2 is 1.90 bits per heavy atom. The number of nitrogens with two attached hydrogens (primary N) is 1. The fourth-order valence-corrected chi connectivity index (χ4v) is 2.24. The highest BCUT2D eigenvalue weighted by Crippen LogP contribution is 2.21. The van der Waals surface area contributed by atoms with Crippen LogP contribution in [-0.4, -0.2) is 17.9 Å². The quantitative estimate of drug-likeness (QED) is 0.673. The first-order chi connectivity index (χ1) is 10.0. The van der Waals surface area contributed by atoms with Crippen LogP contribution in [0.15, 0.2) is 42.5 Å². The van der Waals surface area contributed by atoms with Crippen molar-refractivity contribution < 1.29 is 4.79 Å². The van der Waals surface area contributed by atoms with Crippen molar-refractivity contribution in [1.29, 1.82) is 0 Å². The molecule has 0 radical (unpaired) electrons. The number of rotatable bonds is 4. The summed E-state index contributed by atoms with van der Waals surface area (Å²) in [7, 11) is 1.75. The van der Waals surface area contributed by atoms with Crippen molar-refractivity contribution >= 4 is 23.2 Å². The number of anilines is 1. The fourth-order valence-electron chi connectivity index (χ4n) is 2.06. The molecule has 0 saturated heterocycles. The molecule has 0 aromatic heterocycles. The Morgan fingerprint density at radius 1 is 1.24 bits per heavy atom. The van der Waals surface area contributed by atoms with Gasteiger partial charge in [0.05, 0.1) is 11.3 Å². The van der Waals surface area contributed by atoms with Gasteiger partial charge in [-0.3, -0.25) is 10.6 Å². The van der Waals surface area contributed by atoms with Crippen LogP contribution < -0.4 is 11.3 Å². The smallest absolute Gasteiger partial charge is 0.256 e. The fraction of sp³-hybridized carbons (Fsp3) is 0.188. The number of nitrogens with one attached hydrogen (secondary N) is 1. The summed E-state index contributed by atoms with van der Waals surface area (Å²) in [4.78, 5) is 14.2. The SMILES string of the molecule is Cc1ccc(CN(C)C(=O)c2cc(Cl)ccc2NN)cc1. The number of hydrogen-bond donors (Lipinski definition) is 2. The van der Waals surface area contributed by atoms with Gasteiger partial charge in [-0.1, -0.05) is 41.4 Å². The third-order valence-corrected chi connectivity index (χ3v) is 3.49. The van der Waals surface area contributed by atoms with Gasteiger partial charge in [-0.15, -0.1) is 0 Å². The molecule has 0 aliphatic carbocycles. The monoisotopic (exact) mass is 303 g/mol. The van der Waals surface area contributed by atoms with E-state index >= 15 is 0 Å². The Balaban J connectivity index is 2.19. The molecule has 0 aliphatic rings. The molecule has 110 valence electrons. The number of aryl methyl sites for hydroxylation is 1. The minimum absolute atomic E-state index is 0.133. The molecule has 0 bridgehead atoms. The Bertz CT molecular complexity index is 640. The van der Waals surface area contributed by atoms with Gasteiger partial charge in [0.2, 0.25) is 0 Å². The van der Waals surface area contributed by atoms with E-state index < -0.39 is 0 Å². The van der Waals surface area contributed by atoms with Crippen LogP contribution in [0.2, 0.25) is 5.02 Å². The summed E-state index contributed by atoms with van der Waals surface area (Å²) in [5.74, 6) is 5.31. The molecule has 0 heterocycles. The van der Waals surface area contributed by atoms with Gasteiger partial charge in [0.1, 0.15) is 0 Å². The average molecular weight is 304 g/mol. The Kier molecular flexibility index (Phi) is 4.83. The normalized spacial score (nSPS) is 10.3. The van der Waals surface area contributed by atoms with E-state index in [9.17, 15) is 4.79 Å². The number of hydrogen-bond acceptors (Lipinski definition) is 3. The second kappa shape index (κ2) is 6.61. The molecule has 5 heteroatoms. The lowest BCUT2D eigenvalue weighted by atomic mass is 10.1. The number of benzene rings is 2. The standard InChI is InChI=1S/C16H18ClN3O/c1-11-3-5-12(6-4-11)10-20(2)16(21)14-9-13(17)7-8-15(14)19-18/h3-9,19H,10,18H2,1-2H3. The van der Waals surface area contributed by atoms with Gasteiger partial charge in [0.15, 0.2) is 0 Å². The first kappa shape index (κ1) is 15.4. The van der Waals surface area contributed by atoms with Gasteiger partial charge >= 0.3 is 0 Å². The first-order valence-corrected chi connectivity index (χ1v) is 6.96. The Morgan fingerprint density at radius 3 is 2.52 bits per heavy atom. The van der Waals surface area contributed by atoms with Crippen molar-refractivity contribution in [3.63, 3.8) is 0 Å². The summed E-state index contributed by atoms with van der Waals surface area (Å²) in [6, 6.07) is 13.1. The van der Waals surface area contributed by atoms with Crippen molar-refractivity contribution in [3.8, 4) is 0 Å². The predicted molar refractivity (Wildman–Crippen MR) is 86.2 cm³/mol.